The first kappa shape index (κ1) is 18.7. The molecule has 6 heteroatoms. The predicted octanol–water partition coefficient (Wildman–Crippen LogP) is 2.43. The predicted molar refractivity (Wildman–Crippen MR) is 84.9 cm³/mol. The third-order valence-corrected chi connectivity index (χ3v) is 4.43. The van der Waals surface area contributed by atoms with Crippen LogP contribution in [-0.2, 0) is 9.53 Å². The molecule has 1 aliphatic rings. The number of rotatable bonds is 5. The lowest BCUT2D eigenvalue weighted by Gasteiger charge is -2.56. The number of carboxylic acid groups (broad SMARTS) is 1. The fraction of sp³-hybridized carbons (Fsp3) is 0.875. The van der Waals surface area contributed by atoms with Gasteiger partial charge in [0.2, 0.25) is 0 Å². The van der Waals surface area contributed by atoms with Gasteiger partial charge in [-0.1, -0.05) is 13.8 Å². The first-order valence-electron chi connectivity index (χ1n) is 7.80. The average Bonchev–Trinajstić information content (AvgIpc) is 2.28. The highest BCUT2D eigenvalue weighted by Crippen LogP contribution is 2.34. The van der Waals surface area contributed by atoms with Gasteiger partial charge in [-0.05, 0) is 40.7 Å². The van der Waals surface area contributed by atoms with Gasteiger partial charge in [0.25, 0.3) is 0 Å². The highest BCUT2D eigenvalue weighted by atomic mass is 16.6. The van der Waals surface area contributed by atoms with Crippen LogP contribution >= 0.6 is 0 Å². The molecular weight excluding hydrogens is 284 g/mol. The van der Waals surface area contributed by atoms with Gasteiger partial charge in [-0.3, -0.25) is 9.69 Å². The average molecular weight is 314 g/mol. The summed E-state index contributed by atoms with van der Waals surface area (Å²) in [4.78, 5) is 27.0. The monoisotopic (exact) mass is 314 g/mol. The lowest BCUT2D eigenvalue weighted by Crippen LogP contribution is -2.73. The van der Waals surface area contributed by atoms with E-state index in [4.69, 9.17) is 4.74 Å². The first-order valence-corrected chi connectivity index (χ1v) is 7.80. The molecule has 1 heterocycles. The summed E-state index contributed by atoms with van der Waals surface area (Å²) in [6.07, 6.45) is -0.348. The van der Waals surface area contributed by atoms with Crippen molar-refractivity contribution in [3.8, 4) is 0 Å². The second kappa shape index (κ2) is 6.44. The quantitative estimate of drug-likeness (QED) is 0.844. The van der Waals surface area contributed by atoms with Gasteiger partial charge < -0.3 is 14.7 Å². The van der Waals surface area contributed by atoms with E-state index in [1.165, 1.54) is 0 Å². The summed E-state index contributed by atoms with van der Waals surface area (Å²) in [6.45, 7) is 12.6. The van der Waals surface area contributed by atoms with Crippen molar-refractivity contribution in [3.05, 3.63) is 0 Å². The molecule has 0 aliphatic carbocycles. The normalized spacial score (nSPS) is 19.0. The maximum atomic E-state index is 12.1. The molecule has 1 aliphatic heterocycles. The van der Waals surface area contributed by atoms with Crippen LogP contribution in [0.4, 0.5) is 4.79 Å². The molecule has 0 spiro atoms. The Balaban J connectivity index is 2.79. The molecule has 0 aromatic carbocycles. The molecule has 0 saturated carbocycles. The van der Waals surface area contributed by atoms with Crippen molar-refractivity contribution in [1.29, 1.82) is 0 Å². The Morgan fingerprint density at radius 2 is 1.77 bits per heavy atom. The smallest absolute Gasteiger partial charge is 0.410 e. The van der Waals surface area contributed by atoms with Crippen LogP contribution in [0.1, 0.15) is 48.0 Å². The second-order valence-corrected chi connectivity index (χ2v) is 7.73. The molecule has 0 aromatic rings. The largest absolute Gasteiger partial charge is 0.481 e. The third kappa shape index (κ3) is 4.35. The van der Waals surface area contributed by atoms with Crippen molar-refractivity contribution in [3.63, 3.8) is 0 Å². The van der Waals surface area contributed by atoms with Crippen LogP contribution in [0.5, 0.6) is 0 Å². The lowest BCUT2D eigenvalue weighted by molar-refractivity contribution is -0.146. The SMILES string of the molecule is CC(C)C(C)N(C)C1(CC(=O)O)CN(C(=O)OC(C)(C)C)C1. The molecule has 1 N–H and O–H groups in total. The maximum Gasteiger partial charge on any atom is 0.410 e. The first-order chi connectivity index (χ1) is 9.88. The molecule has 1 unspecified atom stereocenters. The van der Waals surface area contributed by atoms with Crippen molar-refractivity contribution in [1.82, 2.24) is 9.80 Å². The van der Waals surface area contributed by atoms with E-state index >= 15 is 0 Å². The number of hydrogen-bond acceptors (Lipinski definition) is 4. The Kier molecular flexibility index (Phi) is 5.49. The zero-order chi connectivity index (χ0) is 17.3. The van der Waals surface area contributed by atoms with Gasteiger partial charge in [-0.2, -0.15) is 0 Å². The molecular formula is C16H30N2O4. The molecule has 6 nitrogen and oxygen atoms in total. The van der Waals surface area contributed by atoms with E-state index in [2.05, 4.69) is 25.7 Å². The number of nitrogens with zero attached hydrogens (tertiary/aromatic N) is 2. The van der Waals surface area contributed by atoms with Gasteiger partial charge in [0.1, 0.15) is 5.60 Å². The second-order valence-electron chi connectivity index (χ2n) is 7.73. The third-order valence-electron chi connectivity index (χ3n) is 4.43. The van der Waals surface area contributed by atoms with Crippen LogP contribution in [0.25, 0.3) is 0 Å². The van der Waals surface area contributed by atoms with Crippen molar-refractivity contribution in [2.45, 2.75) is 65.1 Å². The Hall–Kier alpha value is -1.30. The van der Waals surface area contributed by atoms with E-state index in [0.717, 1.165) is 0 Å². The summed E-state index contributed by atoms with van der Waals surface area (Å²) in [5.74, 6) is -0.433. The molecule has 1 rings (SSSR count). The van der Waals surface area contributed by atoms with Crippen molar-refractivity contribution in [2.24, 2.45) is 5.92 Å². The zero-order valence-corrected chi connectivity index (χ0v) is 14.8. The molecule has 1 saturated heterocycles. The molecule has 1 atom stereocenters. The van der Waals surface area contributed by atoms with Crippen LogP contribution in [-0.4, -0.2) is 64.3 Å². The fourth-order valence-electron chi connectivity index (χ4n) is 2.74. The highest BCUT2D eigenvalue weighted by Gasteiger charge is 2.51. The zero-order valence-electron chi connectivity index (χ0n) is 14.8. The number of carbonyl (C=O) groups is 2. The van der Waals surface area contributed by atoms with E-state index in [1.54, 1.807) is 4.90 Å². The van der Waals surface area contributed by atoms with Crippen LogP contribution in [0.2, 0.25) is 0 Å². The number of hydrogen-bond donors (Lipinski definition) is 1. The highest BCUT2D eigenvalue weighted by molar-refractivity contribution is 5.73. The summed E-state index contributed by atoms with van der Waals surface area (Å²) in [6, 6.07) is 0.236. The Morgan fingerprint density at radius 1 is 1.27 bits per heavy atom. The van der Waals surface area contributed by atoms with Crippen molar-refractivity contribution < 1.29 is 19.4 Å². The molecule has 0 radical (unpaired) electrons. The number of ether oxygens (including phenoxy) is 1. The lowest BCUT2D eigenvalue weighted by atomic mass is 9.82. The minimum Gasteiger partial charge on any atom is -0.481 e. The number of likely N-dealkylation sites (N-methyl/N-ethyl adjacent to an activating group) is 1. The summed E-state index contributed by atoms with van der Waals surface area (Å²) in [5, 5.41) is 9.23. The van der Waals surface area contributed by atoms with Gasteiger partial charge in [0, 0.05) is 19.1 Å². The van der Waals surface area contributed by atoms with Gasteiger partial charge in [0.05, 0.1) is 12.0 Å². The Labute approximate surface area is 133 Å². The standard InChI is InChI=1S/C16H30N2O4/c1-11(2)12(3)17(7)16(8-13(19)20)9-18(10-16)14(21)22-15(4,5)6/h11-12H,8-10H2,1-7H3,(H,19,20). The van der Waals surface area contributed by atoms with Gasteiger partial charge in [-0.15, -0.1) is 0 Å². The van der Waals surface area contributed by atoms with Crippen LogP contribution in [0, 0.1) is 5.92 Å². The van der Waals surface area contributed by atoms with Crippen LogP contribution < -0.4 is 0 Å². The van der Waals surface area contributed by atoms with E-state index in [0.29, 0.717) is 19.0 Å². The fourth-order valence-corrected chi connectivity index (χ4v) is 2.74. The molecule has 1 amide bonds. The molecule has 0 bridgehead atoms. The van der Waals surface area contributed by atoms with E-state index < -0.39 is 17.1 Å². The van der Waals surface area contributed by atoms with Crippen LogP contribution in [0.3, 0.4) is 0 Å². The number of likely N-dealkylation sites (tertiary alicyclic amines) is 1. The van der Waals surface area contributed by atoms with Crippen LogP contribution in [0.15, 0.2) is 0 Å². The molecule has 128 valence electrons. The molecule has 22 heavy (non-hydrogen) atoms. The number of carbonyl (C=O) groups excluding carboxylic acids is 1. The number of aliphatic carboxylic acids is 1. The Bertz CT molecular complexity index is 422. The van der Waals surface area contributed by atoms with Gasteiger partial charge in [-0.25, -0.2) is 4.79 Å². The Morgan fingerprint density at radius 3 is 2.14 bits per heavy atom. The van der Waals surface area contributed by atoms with Crippen molar-refractivity contribution in [2.75, 3.05) is 20.1 Å². The topological polar surface area (TPSA) is 70.1 Å². The molecule has 0 aromatic heterocycles. The summed E-state index contributed by atoms with van der Waals surface area (Å²) in [7, 11) is 1.94. The van der Waals surface area contributed by atoms with Gasteiger partial charge >= 0.3 is 12.1 Å². The number of amides is 1. The van der Waals surface area contributed by atoms with Crippen molar-refractivity contribution >= 4 is 12.1 Å². The summed E-state index contributed by atoms with van der Waals surface area (Å²) in [5.41, 5.74) is -1.05. The van der Waals surface area contributed by atoms with E-state index in [9.17, 15) is 14.7 Å². The minimum absolute atomic E-state index is 0.0276. The summed E-state index contributed by atoms with van der Waals surface area (Å²) < 4.78 is 5.35. The molecule has 1 fully saturated rings. The van der Waals surface area contributed by atoms with E-state index in [-0.39, 0.29) is 18.6 Å². The maximum absolute atomic E-state index is 12.1. The minimum atomic E-state index is -0.841. The van der Waals surface area contributed by atoms with E-state index in [1.807, 2.05) is 27.8 Å². The number of carboxylic acids is 1. The summed E-state index contributed by atoms with van der Waals surface area (Å²) >= 11 is 0. The van der Waals surface area contributed by atoms with Gasteiger partial charge in [0.15, 0.2) is 0 Å².